The number of carboxylic acids is 1. The number of hydrogen-bond donors (Lipinski definition) is 2. The summed E-state index contributed by atoms with van der Waals surface area (Å²) >= 11 is 0. The molecule has 0 aliphatic rings. The van der Waals surface area contributed by atoms with Crippen molar-refractivity contribution in [3.05, 3.63) is 71.3 Å². The first-order chi connectivity index (χ1) is 11.5. The van der Waals surface area contributed by atoms with E-state index in [0.717, 1.165) is 11.1 Å². The number of rotatable bonds is 7. The highest BCUT2D eigenvalue weighted by Gasteiger charge is 2.38. The van der Waals surface area contributed by atoms with Gasteiger partial charge < -0.3 is 10.4 Å². The smallest absolute Gasteiger partial charge is 0.315 e. The highest BCUT2D eigenvalue weighted by Crippen LogP contribution is 2.27. The molecule has 0 aliphatic heterocycles. The molecule has 0 spiro atoms. The third kappa shape index (κ3) is 3.82. The first-order valence-corrected chi connectivity index (χ1v) is 8.09. The van der Waals surface area contributed by atoms with Crippen LogP contribution in [0.2, 0.25) is 0 Å². The van der Waals surface area contributed by atoms with E-state index in [1.807, 2.05) is 56.3 Å². The lowest BCUT2D eigenvalue weighted by Crippen LogP contribution is -2.46. The SMILES string of the molecule is CCC(CNC(=O)Cc1ccccc1C)(C(=O)O)c1ccccc1. The van der Waals surface area contributed by atoms with E-state index < -0.39 is 11.4 Å². The molecule has 126 valence electrons. The molecule has 0 aliphatic carbocycles. The van der Waals surface area contributed by atoms with Gasteiger partial charge >= 0.3 is 5.97 Å². The number of carbonyl (C=O) groups excluding carboxylic acids is 1. The van der Waals surface area contributed by atoms with E-state index in [2.05, 4.69) is 5.32 Å². The van der Waals surface area contributed by atoms with Crippen molar-refractivity contribution in [2.75, 3.05) is 6.54 Å². The second-order valence-electron chi connectivity index (χ2n) is 5.99. The van der Waals surface area contributed by atoms with Crippen LogP contribution in [0.3, 0.4) is 0 Å². The zero-order valence-electron chi connectivity index (χ0n) is 14.1. The monoisotopic (exact) mass is 325 g/mol. The molecule has 1 atom stereocenters. The molecule has 0 heterocycles. The summed E-state index contributed by atoms with van der Waals surface area (Å²) in [5, 5.41) is 12.6. The van der Waals surface area contributed by atoms with Crippen molar-refractivity contribution in [3.63, 3.8) is 0 Å². The summed E-state index contributed by atoms with van der Waals surface area (Å²) in [7, 11) is 0. The van der Waals surface area contributed by atoms with Gasteiger partial charge in [0, 0.05) is 6.54 Å². The van der Waals surface area contributed by atoms with Gasteiger partial charge in [0.05, 0.1) is 6.42 Å². The highest BCUT2D eigenvalue weighted by molar-refractivity contribution is 5.84. The predicted molar refractivity (Wildman–Crippen MR) is 93.9 cm³/mol. The number of aryl methyl sites for hydroxylation is 1. The molecule has 4 nitrogen and oxygen atoms in total. The molecule has 0 fully saturated rings. The van der Waals surface area contributed by atoms with Crippen LogP contribution in [0.15, 0.2) is 54.6 Å². The largest absolute Gasteiger partial charge is 0.481 e. The molecule has 2 aromatic rings. The minimum Gasteiger partial charge on any atom is -0.481 e. The number of carboxylic acid groups (broad SMARTS) is 1. The van der Waals surface area contributed by atoms with E-state index in [9.17, 15) is 14.7 Å². The minimum absolute atomic E-state index is 0.0769. The molecule has 2 aromatic carbocycles. The van der Waals surface area contributed by atoms with Gasteiger partial charge in [-0.15, -0.1) is 0 Å². The van der Waals surface area contributed by atoms with Crippen molar-refractivity contribution < 1.29 is 14.7 Å². The van der Waals surface area contributed by atoms with E-state index in [0.29, 0.717) is 12.0 Å². The van der Waals surface area contributed by atoms with Crippen LogP contribution in [0.25, 0.3) is 0 Å². The fourth-order valence-corrected chi connectivity index (χ4v) is 2.83. The molecular weight excluding hydrogens is 302 g/mol. The van der Waals surface area contributed by atoms with Gasteiger partial charge in [-0.2, -0.15) is 0 Å². The van der Waals surface area contributed by atoms with E-state index in [1.165, 1.54) is 0 Å². The lowest BCUT2D eigenvalue weighted by molar-refractivity contribution is -0.144. The number of benzene rings is 2. The average molecular weight is 325 g/mol. The summed E-state index contributed by atoms with van der Waals surface area (Å²) in [6.07, 6.45) is 0.651. The maximum absolute atomic E-state index is 12.3. The van der Waals surface area contributed by atoms with Gasteiger partial charge in [0.2, 0.25) is 5.91 Å². The van der Waals surface area contributed by atoms with E-state index in [1.54, 1.807) is 12.1 Å². The molecule has 0 aromatic heterocycles. The number of nitrogens with one attached hydrogen (secondary N) is 1. The third-order valence-corrected chi connectivity index (χ3v) is 4.54. The van der Waals surface area contributed by atoms with Crippen LogP contribution < -0.4 is 5.32 Å². The van der Waals surface area contributed by atoms with Crippen LogP contribution in [-0.2, 0) is 21.4 Å². The van der Waals surface area contributed by atoms with Crippen LogP contribution >= 0.6 is 0 Å². The standard InChI is InChI=1S/C20H23NO3/c1-3-20(19(23)24,17-11-5-4-6-12-17)14-21-18(22)13-16-10-8-7-9-15(16)2/h4-12H,3,13-14H2,1-2H3,(H,21,22)(H,23,24). The summed E-state index contributed by atoms with van der Waals surface area (Å²) in [4.78, 5) is 24.2. The average Bonchev–Trinajstić information content (AvgIpc) is 2.58. The lowest BCUT2D eigenvalue weighted by atomic mass is 9.78. The molecule has 4 heteroatoms. The van der Waals surface area contributed by atoms with Gasteiger partial charge in [0.15, 0.2) is 0 Å². The first kappa shape index (κ1) is 17.7. The van der Waals surface area contributed by atoms with Gasteiger partial charge in [-0.05, 0) is 30.0 Å². The van der Waals surface area contributed by atoms with Gasteiger partial charge in [0.1, 0.15) is 5.41 Å². The number of carbonyl (C=O) groups is 2. The molecule has 0 saturated carbocycles. The zero-order chi connectivity index (χ0) is 17.6. The Morgan fingerprint density at radius 3 is 2.25 bits per heavy atom. The Bertz CT molecular complexity index is 712. The van der Waals surface area contributed by atoms with Gasteiger partial charge in [0.25, 0.3) is 0 Å². The molecule has 2 N–H and O–H groups in total. The maximum Gasteiger partial charge on any atom is 0.315 e. The van der Waals surface area contributed by atoms with Crippen molar-refractivity contribution in [3.8, 4) is 0 Å². The molecule has 1 amide bonds. The molecule has 0 bridgehead atoms. The van der Waals surface area contributed by atoms with Gasteiger partial charge in [-0.25, -0.2) is 0 Å². The van der Waals surface area contributed by atoms with Gasteiger partial charge in [-0.3, -0.25) is 9.59 Å². The minimum atomic E-state index is -1.11. The summed E-state index contributed by atoms with van der Waals surface area (Å²) < 4.78 is 0. The Morgan fingerprint density at radius 2 is 1.67 bits per heavy atom. The van der Waals surface area contributed by atoms with Crippen LogP contribution in [0.4, 0.5) is 0 Å². The van der Waals surface area contributed by atoms with Crippen LogP contribution in [0.1, 0.15) is 30.0 Å². The Kier molecular flexibility index (Phi) is 5.74. The summed E-state index contributed by atoms with van der Waals surface area (Å²) in [5.74, 6) is -1.09. The molecule has 0 saturated heterocycles. The molecule has 2 rings (SSSR count). The molecule has 0 radical (unpaired) electrons. The summed E-state index contributed by atoms with van der Waals surface area (Å²) in [6, 6.07) is 16.8. The highest BCUT2D eigenvalue weighted by atomic mass is 16.4. The second kappa shape index (κ2) is 7.77. The Labute approximate surface area is 142 Å². The fourth-order valence-electron chi connectivity index (χ4n) is 2.83. The molecular formula is C20H23NO3. The lowest BCUT2D eigenvalue weighted by Gasteiger charge is -2.29. The van der Waals surface area contributed by atoms with Crippen molar-refractivity contribution in [2.24, 2.45) is 0 Å². The number of hydrogen-bond acceptors (Lipinski definition) is 2. The maximum atomic E-state index is 12.3. The van der Waals surface area contributed by atoms with Crippen LogP contribution in [0, 0.1) is 6.92 Å². The fraction of sp³-hybridized carbons (Fsp3) is 0.300. The van der Waals surface area contributed by atoms with E-state index in [-0.39, 0.29) is 18.9 Å². The van der Waals surface area contributed by atoms with Gasteiger partial charge in [-0.1, -0.05) is 61.5 Å². The van der Waals surface area contributed by atoms with E-state index in [4.69, 9.17) is 0 Å². The third-order valence-electron chi connectivity index (χ3n) is 4.54. The van der Waals surface area contributed by atoms with Crippen LogP contribution in [-0.4, -0.2) is 23.5 Å². The Hall–Kier alpha value is -2.62. The summed E-state index contributed by atoms with van der Waals surface area (Å²) in [5.41, 5.74) is 1.60. The van der Waals surface area contributed by atoms with Crippen molar-refractivity contribution in [2.45, 2.75) is 32.1 Å². The first-order valence-electron chi connectivity index (χ1n) is 8.09. The zero-order valence-corrected chi connectivity index (χ0v) is 14.1. The van der Waals surface area contributed by atoms with Crippen molar-refractivity contribution in [1.29, 1.82) is 0 Å². The van der Waals surface area contributed by atoms with E-state index >= 15 is 0 Å². The predicted octanol–water partition coefficient (Wildman–Crippen LogP) is 3.09. The van der Waals surface area contributed by atoms with Crippen molar-refractivity contribution in [1.82, 2.24) is 5.32 Å². The summed E-state index contributed by atoms with van der Waals surface area (Å²) in [6.45, 7) is 3.86. The van der Waals surface area contributed by atoms with Crippen LogP contribution in [0.5, 0.6) is 0 Å². The Morgan fingerprint density at radius 1 is 1.04 bits per heavy atom. The Balaban J connectivity index is 2.12. The number of amides is 1. The molecule has 1 unspecified atom stereocenters. The molecule has 24 heavy (non-hydrogen) atoms. The van der Waals surface area contributed by atoms with Crippen molar-refractivity contribution >= 4 is 11.9 Å². The quantitative estimate of drug-likeness (QED) is 0.822. The second-order valence-corrected chi connectivity index (χ2v) is 5.99. The topological polar surface area (TPSA) is 66.4 Å². The number of aliphatic carboxylic acids is 1. The normalized spacial score (nSPS) is 13.1.